The van der Waals surface area contributed by atoms with Crippen LogP contribution in [-0.2, 0) is 4.79 Å². The molecule has 0 radical (unpaired) electrons. The fourth-order valence-corrected chi connectivity index (χ4v) is 2.84. The van der Waals surface area contributed by atoms with Crippen molar-refractivity contribution in [3.05, 3.63) is 74.9 Å². The number of nitrogens with zero attached hydrogens (tertiary/aromatic N) is 1. The minimum atomic E-state index is -0.944. The number of aromatic nitrogens is 2. The van der Waals surface area contributed by atoms with Crippen molar-refractivity contribution in [3.8, 4) is 0 Å². The highest BCUT2D eigenvalue weighted by molar-refractivity contribution is 5.93. The van der Waals surface area contributed by atoms with Gasteiger partial charge in [-0.1, -0.05) is 38.1 Å². The summed E-state index contributed by atoms with van der Waals surface area (Å²) in [6, 6.07) is 13.3. The highest BCUT2D eigenvalue weighted by atomic mass is 16.2. The molecule has 1 heterocycles. The number of fused-ring (bicyclic) bond motifs is 1. The van der Waals surface area contributed by atoms with Crippen LogP contribution in [0.15, 0.2) is 58.1 Å². The molecule has 0 saturated carbocycles. The average molecular weight is 351 g/mol. The van der Waals surface area contributed by atoms with Gasteiger partial charge in [0.15, 0.2) is 0 Å². The Kier molecular flexibility index (Phi) is 4.75. The van der Waals surface area contributed by atoms with E-state index in [1.54, 1.807) is 24.3 Å². The number of amides is 1. The van der Waals surface area contributed by atoms with Crippen LogP contribution < -0.4 is 16.6 Å². The van der Waals surface area contributed by atoms with Gasteiger partial charge in [-0.2, -0.15) is 0 Å². The molecule has 6 heteroatoms. The number of H-pyrrole nitrogens is 1. The largest absolute Gasteiger partial charge is 0.329 e. The molecule has 1 aromatic heterocycles. The molecule has 2 N–H and O–H groups in total. The fraction of sp³-hybridized carbons (Fsp3) is 0.250. The predicted molar refractivity (Wildman–Crippen MR) is 103 cm³/mol. The smallest absolute Gasteiger partial charge is 0.324 e. The Hall–Kier alpha value is -3.15. The Morgan fingerprint density at radius 3 is 2.31 bits per heavy atom. The summed E-state index contributed by atoms with van der Waals surface area (Å²) in [7, 11) is 0. The number of aromatic amines is 1. The van der Waals surface area contributed by atoms with Gasteiger partial charge in [0.1, 0.15) is 6.04 Å². The first-order valence-electron chi connectivity index (χ1n) is 8.53. The van der Waals surface area contributed by atoms with E-state index in [0.717, 1.165) is 4.57 Å². The molecule has 0 aliphatic rings. The highest BCUT2D eigenvalue weighted by Gasteiger charge is 2.20. The van der Waals surface area contributed by atoms with Gasteiger partial charge >= 0.3 is 5.69 Å². The Bertz CT molecular complexity index is 1060. The van der Waals surface area contributed by atoms with Gasteiger partial charge in [0.2, 0.25) is 5.91 Å². The number of hydrogen-bond donors (Lipinski definition) is 2. The summed E-state index contributed by atoms with van der Waals surface area (Å²) in [6.07, 6.45) is 0. The number of hydrogen-bond acceptors (Lipinski definition) is 3. The molecule has 26 heavy (non-hydrogen) atoms. The molecular weight excluding hydrogens is 330 g/mol. The van der Waals surface area contributed by atoms with Crippen molar-refractivity contribution in [2.45, 2.75) is 32.7 Å². The van der Waals surface area contributed by atoms with Crippen LogP contribution in [0.4, 0.5) is 5.69 Å². The Morgan fingerprint density at radius 1 is 1.00 bits per heavy atom. The number of para-hydroxylation sites is 1. The van der Waals surface area contributed by atoms with Crippen LogP contribution in [0.5, 0.6) is 0 Å². The van der Waals surface area contributed by atoms with Crippen molar-refractivity contribution in [1.82, 2.24) is 9.55 Å². The lowest BCUT2D eigenvalue weighted by molar-refractivity contribution is -0.119. The molecule has 6 nitrogen and oxygen atoms in total. The van der Waals surface area contributed by atoms with Gasteiger partial charge in [0.05, 0.1) is 10.9 Å². The molecule has 0 saturated heterocycles. The number of anilines is 1. The minimum Gasteiger partial charge on any atom is -0.324 e. The lowest BCUT2D eigenvalue weighted by atomic mass is 10.0. The van der Waals surface area contributed by atoms with Gasteiger partial charge in [-0.25, -0.2) is 9.36 Å². The van der Waals surface area contributed by atoms with Gasteiger partial charge in [-0.15, -0.1) is 0 Å². The quantitative estimate of drug-likeness (QED) is 0.758. The zero-order valence-electron chi connectivity index (χ0n) is 14.9. The van der Waals surface area contributed by atoms with Crippen molar-refractivity contribution >= 4 is 22.5 Å². The lowest BCUT2D eigenvalue weighted by Crippen LogP contribution is -2.41. The number of carbonyl (C=O) groups is 1. The number of rotatable bonds is 4. The predicted octanol–water partition coefficient (Wildman–Crippen LogP) is 3.01. The summed E-state index contributed by atoms with van der Waals surface area (Å²) in [6.45, 7) is 5.71. The summed E-state index contributed by atoms with van der Waals surface area (Å²) in [5.74, 6) is -0.0291. The van der Waals surface area contributed by atoms with Crippen molar-refractivity contribution in [2.24, 2.45) is 0 Å². The SMILES string of the molecule is CC(C)c1ccc(NC(=O)C(C)n2c(=O)[nH]c3ccccc3c2=O)cc1. The van der Waals surface area contributed by atoms with Crippen molar-refractivity contribution in [1.29, 1.82) is 0 Å². The Labute approximate surface area is 150 Å². The zero-order valence-corrected chi connectivity index (χ0v) is 14.9. The second kappa shape index (κ2) is 7.00. The van der Waals surface area contributed by atoms with Crippen LogP contribution in [0.3, 0.4) is 0 Å². The Balaban J connectivity index is 1.90. The van der Waals surface area contributed by atoms with Crippen LogP contribution in [0.1, 0.15) is 38.3 Å². The van der Waals surface area contributed by atoms with Crippen molar-refractivity contribution < 1.29 is 4.79 Å². The van der Waals surface area contributed by atoms with E-state index in [2.05, 4.69) is 24.1 Å². The summed E-state index contributed by atoms with van der Waals surface area (Å²) in [5, 5.41) is 3.13. The number of carbonyl (C=O) groups excluding carboxylic acids is 1. The molecule has 1 unspecified atom stereocenters. The molecule has 3 aromatic rings. The molecule has 2 aromatic carbocycles. The monoisotopic (exact) mass is 351 g/mol. The first-order valence-corrected chi connectivity index (χ1v) is 8.53. The minimum absolute atomic E-state index is 0.369. The second-order valence-corrected chi connectivity index (χ2v) is 6.59. The fourth-order valence-electron chi connectivity index (χ4n) is 2.84. The molecule has 0 aliphatic heterocycles. The standard InChI is InChI=1S/C20H21N3O3/c1-12(2)14-8-10-15(11-9-14)21-18(24)13(3)23-19(25)16-6-4-5-7-17(16)22-20(23)26/h4-13H,1-3H3,(H,21,24)(H,22,26). The van der Waals surface area contributed by atoms with E-state index in [0.29, 0.717) is 22.5 Å². The van der Waals surface area contributed by atoms with E-state index in [1.165, 1.54) is 12.5 Å². The van der Waals surface area contributed by atoms with Crippen molar-refractivity contribution in [3.63, 3.8) is 0 Å². The molecule has 0 spiro atoms. The maximum Gasteiger partial charge on any atom is 0.329 e. The third kappa shape index (κ3) is 3.31. The topological polar surface area (TPSA) is 84.0 Å². The van der Waals surface area contributed by atoms with E-state index >= 15 is 0 Å². The number of benzene rings is 2. The van der Waals surface area contributed by atoms with Crippen LogP contribution in [0.2, 0.25) is 0 Å². The summed E-state index contributed by atoms with van der Waals surface area (Å²) < 4.78 is 0.945. The molecule has 1 amide bonds. The lowest BCUT2D eigenvalue weighted by Gasteiger charge is -2.15. The molecule has 1 atom stereocenters. The van der Waals surface area contributed by atoms with Gasteiger partial charge in [0.25, 0.3) is 5.56 Å². The third-order valence-corrected chi connectivity index (χ3v) is 4.45. The number of nitrogens with one attached hydrogen (secondary N) is 2. The Morgan fingerprint density at radius 2 is 1.65 bits per heavy atom. The van der Waals surface area contributed by atoms with Gasteiger partial charge in [0, 0.05) is 5.69 Å². The van der Waals surface area contributed by atoms with Crippen LogP contribution in [-0.4, -0.2) is 15.5 Å². The highest BCUT2D eigenvalue weighted by Crippen LogP contribution is 2.18. The average Bonchev–Trinajstić information content (AvgIpc) is 2.62. The second-order valence-electron chi connectivity index (χ2n) is 6.59. The molecule has 0 fully saturated rings. The van der Waals surface area contributed by atoms with Gasteiger partial charge in [-0.3, -0.25) is 9.59 Å². The van der Waals surface area contributed by atoms with Gasteiger partial charge < -0.3 is 10.3 Å². The molecular formula is C20H21N3O3. The van der Waals surface area contributed by atoms with E-state index in [1.807, 2.05) is 24.3 Å². The molecule has 0 aliphatic carbocycles. The molecule has 0 bridgehead atoms. The maximum atomic E-state index is 12.6. The van der Waals surface area contributed by atoms with Gasteiger partial charge in [-0.05, 0) is 42.7 Å². The van der Waals surface area contributed by atoms with Crippen LogP contribution in [0, 0.1) is 0 Å². The van der Waals surface area contributed by atoms with Crippen LogP contribution >= 0.6 is 0 Å². The summed E-state index contributed by atoms with van der Waals surface area (Å²) in [4.78, 5) is 40.1. The summed E-state index contributed by atoms with van der Waals surface area (Å²) >= 11 is 0. The van der Waals surface area contributed by atoms with E-state index in [4.69, 9.17) is 0 Å². The van der Waals surface area contributed by atoms with E-state index in [9.17, 15) is 14.4 Å². The summed E-state index contributed by atoms with van der Waals surface area (Å²) in [5.41, 5.74) is 1.15. The maximum absolute atomic E-state index is 12.6. The zero-order chi connectivity index (χ0) is 18.8. The molecule has 3 rings (SSSR count). The van der Waals surface area contributed by atoms with E-state index in [-0.39, 0.29) is 0 Å². The normalized spacial score (nSPS) is 12.3. The van der Waals surface area contributed by atoms with Crippen molar-refractivity contribution in [2.75, 3.05) is 5.32 Å². The molecule has 134 valence electrons. The first kappa shape index (κ1) is 17.7. The van der Waals surface area contributed by atoms with E-state index < -0.39 is 23.2 Å². The third-order valence-electron chi connectivity index (χ3n) is 4.45. The first-order chi connectivity index (χ1) is 12.4. The van der Waals surface area contributed by atoms with Crippen LogP contribution in [0.25, 0.3) is 10.9 Å².